The Morgan fingerprint density at radius 1 is 1.50 bits per heavy atom. The molecule has 1 saturated carbocycles. The minimum Gasteiger partial charge on any atom is -0.422 e. The highest BCUT2D eigenvalue weighted by molar-refractivity contribution is 4.96. The smallest absolute Gasteiger partial charge is 0.244 e. The Bertz CT molecular complexity index is 266. The van der Waals surface area contributed by atoms with Crippen molar-refractivity contribution in [2.75, 3.05) is 0 Å². The summed E-state index contributed by atoms with van der Waals surface area (Å²) in [7, 11) is 0. The van der Waals surface area contributed by atoms with E-state index in [4.69, 9.17) is 9.52 Å². The van der Waals surface area contributed by atoms with Crippen molar-refractivity contribution >= 4 is 0 Å². The van der Waals surface area contributed by atoms with Gasteiger partial charge in [-0.1, -0.05) is 6.42 Å². The lowest BCUT2D eigenvalue weighted by molar-refractivity contribution is 0.157. The number of rotatable bonds is 2. The molecule has 0 bridgehead atoms. The predicted octanol–water partition coefficient (Wildman–Crippen LogP) is 1.39. The Kier molecular flexibility index (Phi) is 1.84. The lowest BCUT2D eigenvalue weighted by Crippen LogP contribution is -2.08. The summed E-state index contributed by atoms with van der Waals surface area (Å²) < 4.78 is 5.28. The quantitative estimate of drug-likeness (QED) is 0.724. The molecule has 1 fully saturated rings. The Morgan fingerprint density at radius 3 is 2.67 bits per heavy atom. The van der Waals surface area contributed by atoms with Crippen LogP contribution in [-0.2, 0) is 0 Å². The molecule has 0 aromatic carbocycles. The second kappa shape index (κ2) is 2.86. The van der Waals surface area contributed by atoms with Crippen molar-refractivity contribution in [2.24, 2.45) is 0 Å². The summed E-state index contributed by atoms with van der Waals surface area (Å²) in [4.78, 5) is 0. The van der Waals surface area contributed by atoms with Crippen LogP contribution >= 0.6 is 0 Å². The van der Waals surface area contributed by atoms with Crippen molar-refractivity contribution in [1.29, 1.82) is 0 Å². The third kappa shape index (κ3) is 1.22. The summed E-state index contributed by atoms with van der Waals surface area (Å²) in [6, 6.07) is 0. The van der Waals surface area contributed by atoms with E-state index < -0.39 is 6.10 Å². The second-order valence-corrected chi connectivity index (χ2v) is 3.28. The summed E-state index contributed by atoms with van der Waals surface area (Å²) >= 11 is 0. The first-order chi connectivity index (χ1) is 5.77. The van der Waals surface area contributed by atoms with Crippen LogP contribution in [-0.4, -0.2) is 15.3 Å². The number of hydrogen-bond acceptors (Lipinski definition) is 4. The van der Waals surface area contributed by atoms with Gasteiger partial charge in [-0.25, -0.2) is 0 Å². The number of aliphatic hydroxyl groups excluding tert-OH is 1. The monoisotopic (exact) mass is 168 g/mol. The highest BCUT2D eigenvalue weighted by Crippen LogP contribution is 2.35. The van der Waals surface area contributed by atoms with E-state index >= 15 is 0 Å². The number of hydrogen-bond donors (Lipinski definition) is 1. The zero-order valence-corrected chi connectivity index (χ0v) is 7.03. The Hall–Kier alpha value is -0.900. The molecule has 0 spiro atoms. The van der Waals surface area contributed by atoms with Gasteiger partial charge >= 0.3 is 0 Å². The first kappa shape index (κ1) is 7.73. The summed E-state index contributed by atoms with van der Waals surface area (Å²) in [6.45, 7) is 1.62. The molecule has 0 amide bonds. The van der Waals surface area contributed by atoms with Crippen molar-refractivity contribution in [1.82, 2.24) is 10.2 Å². The van der Waals surface area contributed by atoms with E-state index in [1.165, 1.54) is 6.42 Å². The molecule has 12 heavy (non-hydrogen) atoms. The molecular weight excluding hydrogens is 156 g/mol. The summed E-state index contributed by atoms with van der Waals surface area (Å²) in [5.41, 5.74) is 0. The van der Waals surface area contributed by atoms with Crippen LogP contribution in [0.2, 0.25) is 0 Å². The first-order valence-electron chi connectivity index (χ1n) is 4.28. The van der Waals surface area contributed by atoms with Gasteiger partial charge < -0.3 is 9.52 Å². The van der Waals surface area contributed by atoms with Gasteiger partial charge in [0.15, 0.2) is 0 Å². The molecule has 0 aliphatic heterocycles. The molecule has 1 N–H and O–H groups in total. The second-order valence-electron chi connectivity index (χ2n) is 3.28. The SMILES string of the molecule is C[C@@H](O)c1nnc(C2CCC2)o1. The van der Waals surface area contributed by atoms with E-state index in [0.29, 0.717) is 17.7 Å². The van der Waals surface area contributed by atoms with Gasteiger partial charge in [-0.15, -0.1) is 10.2 Å². The average molecular weight is 168 g/mol. The third-order valence-corrected chi connectivity index (χ3v) is 2.27. The molecule has 1 aromatic rings. The van der Waals surface area contributed by atoms with Crippen LogP contribution in [0.1, 0.15) is 50.0 Å². The van der Waals surface area contributed by atoms with Crippen molar-refractivity contribution < 1.29 is 9.52 Å². The molecule has 1 aromatic heterocycles. The van der Waals surface area contributed by atoms with Crippen LogP contribution in [0.3, 0.4) is 0 Å². The molecule has 0 unspecified atom stereocenters. The van der Waals surface area contributed by atoms with Gasteiger partial charge in [-0.05, 0) is 19.8 Å². The lowest BCUT2D eigenvalue weighted by Gasteiger charge is -2.20. The molecular formula is C8H12N2O2. The van der Waals surface area contributed by atoms with Crippen LogP contribution in [0.4, 0.5) is 0 Å². The Labute approximate surface area is 70.6 Å². The van der Waals surface area contributed by atoms with Crippen molar-refractivity contribution in [2.45, 2.75) is 38.2 Å². The van der Waals surface area contributed by atoms with E-state index in [9.17, 15) is 0 Å². The molecule has 0 radical (unpaired) electrons. The fourth-order valence-electron chi connectivity index (χ4n) is 1.24. The normalized spacial score (nSPS) is 20.5. The topological polar surface area (TPSA) is 59.2 Å². The van der Waals surface area contributed by atoms with Crippen LogP contribution in [0.25, 0.3) is 0 Å². The Balaban J connectivity index is 2.12. The highest BCUT2D eigenvalue weighted by Gasteiger charge is 2.25. The maximum atomic E-state index is 9.11. The zero-order valence-electron chi connectivity index (χ0n) is 7.03. The number of aromatic nitrogens is 2. The highest BCUT2D eigenvalue weighted by atomic mass is 16.4. The molecule has 1 aliphatic rings. The van der Waals surface area contributed by atoms with Crippen molar-refractivity contribution in [3.63, 3.8) is 0 Å². The van der Waals surface area contributed by atoms with E-state index in [2.05, 4.69) is 10.2 Å². The maximum absolute atomic E-state index is 9.11. The Morgan fingerprint density at radius 2 is 2.25 bits per heavy atom. The van der Waals surface area contributed by atoms with Gasteiger partial charge in [-0.3, -0.25) is 0 Å². The van der Waals surface area contributed by atoms with Crippen LogP contribution in [0.15, 0.2) is 4.42 Å². The van der Waals surface area contributed by atoms with Crippen molar-refractivity contribution in [3.8, 4) is 0 Å². The predicted molar refractivity (Wildman–Crippen MR) is 41.5 cm³/mol. The van der Waals surface area contributed by atoms with E-state index in [1.54, 1.807) is 6.92 Å². The molecule has 4 nitrogen and oxygen atoms in total. The molecule has 2 rings (SSSR count). The van der Waals surface area contributed by atoms with Crippen molar-refractivity contribution in [3.05, 3.63) is 11.8 Å². The van der Waals surface area contributed by atoms with Gasteiger partial charge in [-0.2, -0.15) is 0 Å². The van der Waals surface area contributed by atoms with E-state index in [0.717, 1.165) is 12.8 Å². The molecule has 1 heterocycles. The molecule has 4 heteroatoms. The first-order valence-corrected chi connectivity index (χ1v) is 4.28. The fourth-order valence-corrected chi connectivity index (χ4v) is 1.24. The summed E-state index contributed by atoms with van der Waals surface area (Å²) in [5, 5.41) is 16.7. The number of aliphatic hydroxyl groups is 1. The van der Waals surface area contributed by atoms with Crippen LogP contribution in [0, 0.1) is 0 Å². The minimum absolute atomic E-state index is 0.330. The zero-order chi connectivity index (χ0) is 8.55. The van der Waals surface area contributed by atoms with Gasteiger partial charge in [0.1, 0.15) is 6.10 Å². The van der Waals surface area contributed by atoms with Gasteiger partial charge in [0.2, 0.25) is 11.8 Å². The minimum atomic E-state index is -0.647. The van der Waals surface area contributed by atoms with E-state index in [-0.39, 0.29) is 0 Å². The van der Waals surface area contributed by atoms with Gasteiger partial charge in [0, 0.05) is 5.92 Å². The van der Waals surface area contributed by atoms with E-state index in [1.807, 2.05) is 0 Å². The molecule has 66 valence electrons. The summed E-state index contributed by atoms with van der Waals surface area (Å²) in [6.07, 6.45) is 2.88. The molecule has 1 atom stereocenters. The van der Waals surface area contributed by atoms with Gasteiger partial charge in [0.05, 0.1) is 0 Å². The third-order valence-electron chi connectivity index (χ3n) is 2.27. The fraction of sp³-hybridized carbons (Fsp3) is 0.750. The lowest BCUT2D eigenvalue weighted by atomic mass is 9.85. The maximum Gasteiger partial charge on any atom is 0.244 e. The van der Waals surface area contributed by atoms with Crippen LogP contribution in [0.5, 0.6) is 0 Å². The van der Waals surface area contributed by atoms with Gasteiger partial charge in [0.25, 0.3) is 0 Å². The number of nitrogens with zero attached hydrogens (tertiary/aromatic N) is 2. The molecule has 1 aliphatic carbocycles. The largest absolute Gasteiger partial charge is 0.422 e. The van der Waals surface area contributed by atoms with Crippen LogP contribution < -0.4 is 0 Å². The molecule has 0 saturated heterocycles. The average Bonchev–Trinajstić information content (AvgIpc) is 2.32. The summed E-state index contributed by atoms with van der Waals surface area (Å²) in [5.74, 6) is 1.47. The standard InChI is InChI=1S/C8H12N2O2/c1-5(11)7-9-10-8(12-7)6-3-2-4-6/h5-6,11H,2-4H2,1H3/t5-/m1/s1.